The van der Waals surface area contributed by atoms with Crippen molar-refractivity contribution in [2.24, 2.45) is 5.92 Å². The van der Waals surface area contributed by atoms with Gasteiger partial charge in [0.2, 0.25) is 0 Å². The van der Waals surface area contributed by atoms with Crippen molar-refractivity contribution in [2.75, 3.05) is 6.61 Å². The number of Topliss-reactive ketones (excluding diaryl/α,β-unsaturated/α-hetero) is 2. The maximum absolute atomic E-state index is 12.8. The maximum Gasteiger partial charge on any atom is 0.146 e. The van der Waals surface area contributed by atoms with E-state index in [9.17, 15) is 19.8 Å². The zero-order chi connectivity index (χ0) is 31.6. The van der Waals surface area contributed by atoms with Crippen molar-refractivity contribution in [1.82, 2.24) is 0 Å². The van der Waals surface area contributed by atoms with Gasteiger partial charge in [-0.05, 0) is 12.8 Å². The summed E-state index contributed by atoms with van der Waals surface area (Å²) in [4.78, 5) is 25.6. The first-order valence-electron chi connectivity index (χ1n) is 19.4. The van der Waals surface area contributed by atoms with Crippen LogP contribution in [0.2, 0.25) is 0 Å². The molecule has 0 amide bonds. The summed E-state index contributed by atoms with van der Waals surface area (Å²) in [5.41, 5.74) is 0. The molecule has 0 rings (SSSR count). The zero-order valence-electron chi connectivity index (χ0n) is 29.2. The molecule has 0 radical (unpaired) electrons. The van der Waals surface area contributed by atoms with Crippen LogP contribution >= 0.6 is 0 Å². The second kappa shape index (κ2) is 34.1. The summed E-state index contributed by atoms with van der Waals surface area (Å²) in [6.45, 7) is 4.01. The number of hydrogen-bond acceptors (Lipinski definition) is 4. The highest BCUT2D eigenvalue weighted by molar-refractivity contribution is 6.03. The van der Waals surface area contributed by atoms with Gasteiger partial charge >= 0.3 is 0 Å². The highest BCUT2D eigenvalue weighted by Gasteiger charge is 2.31. The fourth-order valence-corrected chi connectivity index (χ4v) is 6.37. The lowest BCUT2D eigenvalue weighted by Crippen LogP contribution is -2.37. The third-order valence-corrected chi connectivity index (χ3v) is 9.32. The minimum atomic E-state index is -1.26. The fraction of sp³-hybridized carbons (Fsp3) is 0.949. The van der Waals surface area contributed by atoms with E-state index < -0.39 is 18.6 Å². The van der Waals surface area contributed by atoms with Crippen LogP contribution in [0.4, 0.5) is 0 Å². The van der Waals surface area contributed by atoms with E-state index in [1.54, 1.807) is 0 Å². The van der Waals surface area contributed by atoms with Gasteiger partial charge in [-0.15, -0.1) is 0 Å². The van der Waals surface area contributed by atoms with Crippen LogP contribution in [0.15, 0.2) is 0 Å². The van der Waals surface area contributed by atoms with Crippen LogP contribution in [-0.4, -0.2) is 34.5 Å². The molecule has 0 aromatic carbocycles. The zero-order valence-corrected chi connectivity index (χ0v) is 29.2. The van der Waals surface area contributed by atoms with E-state index >= 15 is 0 Å². The fourth-order valence-electron chi connectivity index (χ4n) is 6.37. The lowest BCUT2D eigenvalue weighted by Gasteiger charge is -2.19. The van der Waals surface area contributed by atoms with E-state index in [0.717, 1.165) is 38.5 Å². The molecule has 43 heavy (non-hydrogen) atoms. The molecule has 4 nitrogen and oxygen atoms in total. The van der Waals surface area contributed by atoms with Gasteiger partial charge in [-0.1, -0.05) is 194 Å². The van der Waals surface area contributed by atoms with Crippen molar-refractivity contribution < 1.29 is 19.8 Å². The average Bonchev–Trinajstić information content (AvgIpc) is 3.01. The van der Waals surface area contributed by atoms with Gasteiger partial charge in [0.05, 0.1) is 12.7 Å². The first-order valence-corrected chi connectivity index (χ1v) is 19.4. The molecule has 0 spiro atoms. The van der Waals surface area contributed by atoms with Crippen molar-refractivity contribution in [3.63, 3.8) is 0 Å². The van der Waals surface area contributed by atoms with Crippen molar-refractivity contribution in [1.29, 1.82) is 0 Å². The predicted octanol–water partition coefficient (Wildman–Crippen LogP) is 11.6. The van der Waals surface area contributed by atoms with E-state index in [-0.39, 0.29) is 11.6 Å². The number of rotatable bonds is 36. The molecule has 0 saturated heterocycles. The molecule has 0 aliphatic carbocycles. The van der Waals surface area contributed by atoms with Gasteiger partial charge in [-0.2, -0.15) is 0 Å². The van der Waals surface area contributed by atoms with Gasteiger partial charge in [0.15, 0.2) is 0 Å². The van der Waals surface area contributed by atoms with Crippen LogP contribution < -0.4 is 0 Å². The normalized spacial score (nSPS) is 12.3. The molecule has 4 heteroatoms. The Morgan fingerprint density at radius 2 is 0.605 bits per heavy atom. The number of carbonyl (C=O) groups excluding carboxylic acids is 2. The number of carbonyl (C=O) groups is 2. The first-order chi connectivity index (χ1) is 21.1. The molecule has 0 aromatic rings. The Balaban J connectivity index is 3.77. The molecule has 2 N–H and O–H groups in total. The van der Waals surface area contributed by atoms with Gasteiger partial charge in [0.25, 0.3) is 0 Å². The number of aliphatic hydroxyl groups is 2. The SMILES string of the molecule is CCCCCCCCCCCCCCCCCC(=O)C(C(=O)CCCCCCCCCCCCCCCCC)C(O)CO. The summed E-state index contributed by atoms with van der Waals surface area (Å²) in [5.74, 6) is -1.40. The molecule has 0 heterocycles. The van der Waals surface area contributed by atoms with E-state index in [4.69, 9.17) is 0 Å². The quantitative estimate of drug-likeness (QED) is 0.0548. The van der Waals surface area contributed by atoms with Crippen molar-refractivity contribution in [3.05, 3.63) is 0 Å². The summed E-state index contributed by atoms with van der Waals surface area (Å²) in [5, 5.41) is 19.7. The highest BCUT2D eigenvalue weighted by Crippen LogP contribution is 2.19. The van der Waals surface area contributed by atoms with E-state index in [1.165, 1.54) is 154 Å². The topological polar surface area (TPSA) is 74.6 Å². The molecule has 1 unspecified atom stereocenters. The Kier molecular flexibility index (Phi) is 33.6. The molecule has 0 aromatic heterocycles. The van der Waals surface area contributed by atoms with Crippen molar-refractivity contribution in [2.45, 2.75) is 225 Å². The summed E-state index contributed by atoms with van der Waals surface area (Å²) in [6.07, 6.45) is 37.6. The van der Waals surface area contributed by atoms with Gasteiger partial charge in [0.1, 0.15) is 17.5 Å². The Bertz CT molecular complexity index is 544. The van der Waals surface area contributed by atoms with Crippen LogP contribution in [0.1, 0.15) is 219 Å². The Hall–Kier alpha value is -0.740. The smallest absolute Gasteiger partial charge is 0.146 e. The summed E-state index contributed by atoms with van der Waals surface area (Å²) in [7, 11) is 0. The minimum absolute atomic E-state index is 0.179. The maximum atomic E-state index is 12.8. The van der Waals surface area contributed by atoms with Crippen LogP contribution in [0.5, 0.6) is 0 Å². The molecule has 0 aliphatic rings. The van der Waals surface area contributed by atoms with Gasteiger partial charge in [-0.3, -0.25) is 9.59 Å². The second-order valence-corrected chi connectivity index (χ2v) is 13.6. The summed E-state index contributed by atoms with van der Waals surface area (Å²) in [6, 6.07) is 0. The molecule has 1 atom stereocenters. The summed E-state index contributed by atoms with van der Waals surface area (Å²) >= 11 is 0. The molecular weight excluding hydrogens is 532 g/mol. The predicted molar refractivity (Wildman–Crippen MR) is 186 cm³/mol. The van der Waals surface area contributed by atoms with Gasteiger partial charge in [-0.25, -0.2) is 0 Å². The highest BCUT2D eigenvalue weighted by atomic mass is 16.3. The van der Waals surface area contributed by atoms with E-state index in [2.05, 4.69) is 13.8 Å². The van der Waals surface area contributed by atoms with E-state index in [0.29, 0.717) is 12.8 Å². The first kappa shape index (κ1) is 42.3. The lowest BCUT2D eigenvalue weighted by molar-refractivity contribution is -0.138. The van der Waals surface area contributed by atoms with Crippen LogP contribution in [0, 0.1) is 5.92 Å². The van der Waals surface area contributed by atoms with Crippen LogP contribution in [-0.2, 0) is 9.59 Å². The van der Waals surface area contributed by atoms with Crippen LogP contribution in [0.25, 0.3) is 0 Å². The molecule has 0 fully saturated rings. The Morgan fingerprint density at radius 1 is 0.395 bits per heavy atom. The standard InChI is InChI=1S/C39H76O4/c1-3-5-7-9-11-13-15-17-19-21-23-25-27-29-31-33-36(41)39(38(43)35-40)37(42)34-32-30-28-26-24-22-20-18-16-14-12-10-8-6-4-2/h38-40,43H,3-35H2,1-2H3. The average molecular weight is 609 g/mol. The molecule has 0 saturated carbocycles. The number of hydrogen-bond donors (Lipinski definition) is 2. The van der Waals surface area contributed by atoms with Crippen molar-refractivity contribution in [3.8, 4) is 0 Å². The van der Waals surface area contributed by atoms with E-state index in [1.807, 2.05) is 0 Å². The van der Waals surface area contributed by atoms with Crippen molar-refractivity contribution >= 4 is 11.6 Å². The number of ketones is 2. The second-order valence-electron chi connectivity index (χ2n) is 13.6. The molecule has 0 aliphatic heterocycles. The van der Waals surface area contributed by atoms with Crippen LogP contribution in [0.3, 0.4) is 0 Å². The third-order valence-electron chi connectivity index (χ3n) is 9.32. The Labute approximate surface area is 269 Å². The largest absolute Gasteiger partial charge is 0.394 e. The minimum Gasteiger partial charge on any atom is -0.394 e. The molecule has 0 bridgehead atoms. The molecule has 256 valence electrons. The molecular formula is C39H76O4. The lowest BCUT2D eigenvalue weighted by atomic mass is 9.87. The number of unbranched alkanes of at least 4 members (excludes halogenated alkanes) is 28. The summed E-state index contributed by atoms with van der Waals surface area (Å²) < 4.78 is 0. The number of aliphatic hydroxyl groups excluding tert-OH is 2. The van der Waals surface area contributed by atoms with Gasteiger partial charge in [0, 0.05) is 12.8 Å². The monoisotopic (exact) mass is 609 g/mol. The Morgan fingerprint density at radius 3 is 0.814 bits per heavy atom. The van der Waals surface area contributed by atoms with Gasteiger partial charge < -0.3 is 10.2 Å². The third kappa shape index (κ3) is 28.5.